The van der Waals surface area contributed by atoms with E-state index in [4.69, 9.17) is 4.74 Å². The van der Waals surface area contributed by atoms with Gasteiger partial charge < -0.3 is 15.4 Å². The number of hydrogen-bond donors (Lipinski definition) is 2. The van der Waals surface area contributed by atoms with Gasteiger partial charge in [-0.3, -0.25) is 9.59 Å². The summed E-state index contributed by atoms with van der Waals surface area (Å²) in [4.78, 5) is 36.3. The van der Waals surface area contributed by atoms with Gasteiger partial charge in [0, 0.05) is 23.2 Å². The minimum Gasteiger partial charge on any atom is -0.464 e. The van der Waals surface area contributed by atoms with Crippen LogP contribution in [0.5, 0.6) is 0 Å². The summed E-state index contributed by atoms with van der Waals surface area (Å²) >= 11 is 1.30. The van der Waals surface area contributed by atoms with Crippen molar-refractivity contribution in [2.45, 2.75) is 24.6 Å². The molecule has 6 nitrogen and oxygen atoms in total. The number of carbonyl (C=O) groups is 3. The summed E-state index contributed by atoms with van der Waals surface area (Å²) in [6.45, 7) is 1.99. The molecule has 3 rings (SSSR count). The van der Waals surface area contributed by atoms with Gasteiger partial charge in [-0.1, -0.05) is 36.4 Å². The molecule has 2 atom stereocenters. The molecule has 1 saturated heterocycles. The van der Waals surface area contributed by atoms with Gasteiger partial charge in [-0.15, -0.1) is 11.8 Å². The average Bonchev–Trinajstić information content (AvgIpc) is 2.64. The topological polar surface area (TPSA) is 84.5 Å². The van der Waals surface area contributed by atoms with Gasteiger partial charge in [-0.05, 0) is 18.4 Å². The summed E-state index contributed by atoms with van der Waals surface area (Å²) in [5.41, 5.74) is 0.721. The first-order chi connectivity index (χ1) is 12.6. The van der Waals surface area contributed by atoms with Crippen molar-refractivity contribution in [2.24, 2.45) is 0 Å². The Labute approximate surface area is 155 Å². The zero-order chi connectivity index (χ0) is 18.5. The van der Waals surface area contributed by atoms with Gasteiger partial charge in [0.2, 0.25) is 11.8 Å². The van der Waals surface area contributed by atoms with Crippen molar-refractivity contribution < 1.29 is 19.1 Å². The van der Waals surface area contributed by atoms with Crippen molar-refractivity contribution in [1.29, 1.82) is 0 Å². The lowest BCUT2D eigenvalue weighted by Crippen LogP contribution is -2.51. The second-order valence-corrected chi connectivity index (χ2v) is 7.15. The predicted molar refractivity (Wildman–Crippen MR) is 102 cm³/mol. The lowest BCUT2D eigenvalue weighted by Gasteiger charge is -2.27. The van der Waals surface area contributed by atoms with Crippen LogP contribution in [0.4, 0.5) is 5.69 Å². The molecule has 26 heavy (non-hydrogen) atoms. The fourth-order valence-corrected chi connectivity index (χ4v) is 3.95. The summed E-state index contributed by atoms with van der Waals surface area (Å²) in [7, 11) is 0. The molecule has 2 amide bonds. The molecular formula is C19H20N2O4S. The summed E-state index contributed by atoms with van der Waals surface area (Å²) in [6.07, 6.45) is 0.0509. The lowest BCUT2D eigenvalue weighted by molar-refractivity contribution is -0.146. The van der Waals surface area contributed by atoms with E-state index in [0.717, 1.165) is 16.5 Å². The van der Waals surface area contributed by atoms with Gasteiger partial charge in [0.15, 0.2) is 0 Å². The van der Waals surface area contributed by atoms with Crippen LogP contribution in [0.15, 0.2) is 42.5 Å². The number of fused-ring (bicyclic) bond motifs is 1. The summed E-state index contributed by atoms with van der Waals surface area (Å²) in [5.74, 6) is -0.584. The second-order valence-electron chi connectivity index (χ2n) is 5.91. The highest BCUT2D eigenvalue weighted by molar-refractivity contribution is 8.00. The minimum absolute atomic E-state index is 0.0509. The number of rotatable bonds is 5. The molecule has 2 aromatic carbocycles. The molecule has 7 heteroatoms. The van der Waals surface area contributed by atoms with Crippen LogP contribution in [0.1, 0.15) is 13.3 Å². The lowest BCUT2D eigenvalue weighted by atomic mass is 10.1. The maximum Gasteiger partial charge on any atom is 0.329 e. The SMILES string of the molecule is CCOC(=O)[C@@H]1CS[C@@H](CC(=O)Nc2cccc3ccccc23)C(=O)N1. The number of amides is 2. The van der Waals surface area contributed by atoms with Crippen molar-refractivity contribution in [3.63, 3.8) is 0 Å². The maximum absolute atomic E-state index is 12.4. The Morgan fingerprint density at radius 3 is 2.77 bits per heavy atom. The van der Waals surface area contributed by atoms with Gasteiger partial charge >= 0.3 is 5.97 Å². The minimum atomic E-state index is -0.648. The average molecular weight is 372 g/mol. The van der Waals surface area contributed by atoms with Crippen molar-refractivity contribution in [1.82, 2.24) is 5.32 Å². The largest absolute Gasteiger partial charge is 0.464 e. The zero-order valence-corrected chi connectivity index (χ0v) is 15.2. The number of esters is 1. The highest BCUT2D eigenvalue weighted by Gasteiger charge is 2.34. The molecule has 0 saturated carbocycles. The normalized spacial score (nSPS) is 19.7. The second kappa shape index (κ2) is 8.23. The van der Waals surface area contributed by atoms with Crippen LogP contribution >= 0.6 is 11.8 Å². The van der Waals surface area contributed by atoms with E-state index in [9.17, 15) is 14.4 Å². The van der Waals surface area contributed by atoms with Gasteiger partial charge in [0.1, 0.15) is 6.04 Å². The van der Waals surface area contributed by atoms with E-state index in [2.05, 4.69) is 10.6 Å². The van der Waals surface area contributed by atoms with E-state index < -0.39 is 17.3 Å². The van der Waals surface area contributed by atoms with Crippen LogP contribution in [-0.2, 0) is 19.1 Å². The van der Waals surface area contributed by atoms with Crippen molar-refractivity contribution in [3.8, 4) is 0 Å². The smallest absolute Gasteiger partial charge is 0.329 e. The summed E-state index contributed by atoms with van der Waals surface area (Å²) in [6, 6.07) is 12.8. The maximum atomic E-state index is 12.4. The predicted octanol–water partition coefficient (Wildman–Crippen LogP) is 2.33. The molecule has 0 radical (unpaired) electrons. The van der Waals surface area contributed by atoms with Crippen LogP contribution in [0, 0.1) is 0 Å². The Bertz CT molecular complexity index is 834. The highest BCUT2D eigenvalue weighted by Crippen LogP contribution is 2.25. The van der Waals surface area contributed by atoms with E-state index in [1.54, 1.807) is 6.92 Å². The van der Waals surface area contributed by atoms with Crippen LogP contribution in [-0.4, -0.2) is 41.4 Å². The first-order valence-corrected chi connectivity index (χ1v) is 9.49. The molecular weight excluding hydrogens is 352 g/mol. The Kier molecular flexibility index (Phi) is 5.78. The molecule has 1 aliphatic heterocycles. The van der Waals surface area contributed by atoms with E-state index in [-0.39, 0.29) is 24.8 Å². The molecule has 136 valence electrons. The van der Waals surface area contributed by atoms with E-state index in [1.807, 2.05) is 42.5 Å². The number of nitrogens with one attached hydrogen (secondary N) is 2. The van der Waals surface area contributed by atoms with Gasteiger partial charge in [-0.2, -0.15) is 0 Å². The molecule has 2 aromatic rings. The molecule has 1 heterocycles. The summed E-state index contributed by atoms with van der Waals surface area (Å²) < 4.78 is 4.92. The number of benzene rings is 2. The molecule has 2 N–H and O–H groups in total. The Morgan fingerprint density at radius 2 is 2.00 bits per heavy atom. The number of hydrogen-bond acceptors (Lipinski definition) is 5. The van der Waals surface area contributed by atoms with Crippen LogP contribution in [0.3, 0.4) is 0 Å². The summed E-state index contributed by atoms with van der Waals surface area (Å²) in [5, 5.41) is 6.99. The molecule has 1 aliphatic rings. The Balaban J connectivity index is 1.60. The first-order valence-electron chi connectivity index (χ1n) is 8.44. The van der Waals surface area contributed by atoms with Crippen LogP contribution in [0.2, 0.25) is 0 Å². The van der Waals surface area contributed by atoms with Gasteiger partial charge in [-0.25, -0.2) is 4.79 Å². The molecule has 0 aliphatic carbocycles. The zero-order valence-electron chi connectivity index (χ0n) is 14.4. The standard InChI is InChI=1S/C19H20N2O4S/c1-2-25-19(24)15-11-26-16(18(23)21-15)10-17(22)20-14-9-5-7-12-6-3-4-8-13(12)14/h3-9,15-16H,2,10-11H2,1H3,(H,20,22)(H,21,23)/t15-,16-/m0/s1. The molecule has 0 spiro atoms. The monoisotopic (exact) mass is 372 g/mol. The van der Waals surface area contributed by atoms with Gasteiger partial charge in [0.25, 0.3) is 0 Å². The third kappa shape index (κ3) is 4.16. The number of ether oxygens (including phenoxy) is 1. The Morgan fingerprint density at radius 1 is 1.23 bits per heavy atom. The van der Waals surface area contributed by atoms with Crippen molar-refractivity contribution in [3.05, 3.63) is 42.5 Å². The first kappa shape index (κ1) is 18.3. The van der Waals surface area contributed by atoms with Crippen molar-refractivity contribution >= 4 is 46.0 Å². The van der Waals surface area contributed by atoms with Gasteiger partial charge in [0.05, 0.1) is 11.9 Å². The number of carbonyl (C=O) groups excluding carboxylic acids is 3. The number of thioether (sulfide) groups is 1. The van der Waals surface area contributed by atoms with E-state index >= 15 is 0 Å². The number of anilines is 1. The van der Waals surface area contributed by atoms with E-state index in [0.29, 0.717) is 5.75 Å². The van der Waals surface area contributed by atoms with Crippen LogP contribution < -0.4 is 10.6 Å². The molecule has 0 aromatic heterocycles. The third-order valence-electron chi connectivity index (χ3n) is 4.08. The van der Waals surface area contributed by atoms with E-state index in [1.165, 1.54) is 11.8 Å². The molecule has 1 fully saturated rings. The fourth-order valence-electron chi connectivity index (χ4n) is 2.82. The Hall–Kier alpha value is -2.54. The quantitative estimate of drug-likeness (QED) is 0.787. The fraction of sp³-hybridized carbons (Fsp3) is 0.316. The third-order valence-corrected chi connectivity index (χ3v) is 5.39. The molecule has 0 unspecified atom stereocenters. The highest BCUT2D eigenvalue weighted by atomic mass is 32.2. The van der Waals surface area contributed by atoms with Crippen molar-refractivity contribution in [2.75, 3.05) is 17.7 Å². The van der Waals surface area contributed by atoms with Crippen LogP contribution in [0.25, 0.3) is 10.8 Å². The molecule has 0 bridgehead atoms.